The van der Waals surface area contributed by atoms with Gasteiger partial charge in [0.1, 0.15) is 6.04 Å². The number of carboxylic acids is 1. The second-order valence-corrected chi connectivity index (χ2v) is 5.24. The molecule has 0 saturated carbocycles. The summed E-state index contributed by atoms with van der Waals surface area (Å²) in [6, 6.07) is -1.33. The van der Waals surface area contributed by atoms with E-state index in [9.17, 15) is 14.4 Å². The van der Waals surface area contributed by atoms with Gasteiger partial charge in [-0.2, -0.15) is 0 Å². The van der Waals surface area contributed by atoms with Gasteiger partial charge in [0, 0.05) is 6.54 Å². The van der Waals surface area contributed by atoms with Crippen LogP contribution >= 0.6 is 0 Å². The average molecular weight is 289 g/mol. The largest absolute Gasteiger partial charge is 0.480 e. The van der Waals surface area contributed by atoms with Crippen LogP contribution in [0.5, 0.6) is 0 Å². The zero-order valence-corrected chi connectivity index (χ0v) is 12.1. The Morgan fingerprint density at radius 2 is 1.95 bits per heavy atom. The van der Waals surface area contributed by atoms with Crippen LogP contribution in [0.15, 0.2) is 0 Å². The summed E-state index contributed by atoms with van der Waals surface area (Å²) in [5.41, 5.74) is 1.79. The van der Waals surface area contributed by atoms with Crippen molar-refractivity contribution >= 4 is 18.4 Å². The number of hydroxylamine groups is 1. The van der Waals surface area contributed by atoms with Crippen molar-refractivity contribution in [3.8, 4) is 0 Å². The minimum atomic E-state index is -1.07. The number of hydrogen-bond acceptors (Lipinski definition) is 4. The zero-order valence-electron chi connectivity index (χ0n) is 12.1. The highest BCUT2D eigenvalue weighted by atomic mass is 16.7. The van der Waals surface area contributed by atoms with Crippen LogP contribution in [-0.2, 0) is 14.4 Å². The normalized spacial score (nSPS) is 12.3. The summed E-state index contributed by atoms with van der Waals surface area (Å²) in [7, 11) is 0. The molecule has 0 heterocycles. The number of carbonyl (C=O) groups is 3. The summed E-state index contributed by atoms with van der Waals surface area (Å²) >= 11 is 0. The molecule has 0 aromatic heterocycles. The van der Waals surface area contributed by atoms with Crippen LogP contribution in [0.4, 0.5) is 4.79 Å². The maximum absolute atomic E-state index is 11.3. The molecule has 0 unspecified atom stereocenters. The van der Waals surface area contributed by atoms with E-state index in [0.717, 1.165) is 0 Å². The summed E-state index contributed by atoms with van der Waals surface area (Å²) in [4.78, 5) is 37.3. The van der Waals surface area contributed by atoms with Crippen LogP contribution in [0.1, 0.15) is 40.0 Å². The van der Waals surface area contributed by atoms with Gasteiger partial charge in [0.15, 0.2) is 0 Å². The topological polar surface area (TPSA) is 117 Å². The molecule has 0 rings (SSSR count). The van der Waals surface area contributed by atoms with Gasteiger partial charge in [-0.3, -0.25) is 9.63 Å². The molecule has 1 atom stereocenters. The van der Waals surface area contributed by atoms with Crippen molar-refractivity contribution in [3.63, 3.8) is 0 Å². The predicted molar refractivity (Wildman–Crippen MR) is 71.8 cm³/mol. The quantitative estimate of drug-likeness (QED) is 0.278. The second-order valence-electron chi connectivity index (χ2n) is 5.24. The molecule has 0 radical (unpaired) electrons. The van der Waals surface area contributed by atoms with Crippen LogP contribution in [0.3, 0.4) is 0 Å². The van der Waals surface area contributed by atoms with Gasteiger partial charge in [0.25, 0.3) is 0 Å². The Morgan fingerprint density at radius 1 is 1.30 bits per heavy atom. The van der Waals surface area contributed by atoms with E-state index in [1.165, 1.54) is 0 Å². The molecule has 0 saturated heterocycles. The lowest BCUT2D eigenvalue weighted by molar-refractivity contribution is -0.140. The molecule has 0 aromatic rings. The Bertz CT molecular complexity index is 328. The third kappa shape index (κ3) is 10.1. The van der Waals surface area contributed by atoms with Crippen LogP contribution in [0.25, 0.3) is 0 Å². The van der Waals surface area contributed by atoms with Crippen LogP contribution < -0.4 is 16.1 Å². The number of hydrogen-bond donors (Lipinski definition) is 4. The first-order valence-corrected chi connectivity index (χ1v) is 6.40. The highest BCUT2D eigenvalue weighted by molar-refractivity contribution is 5.76. The third-order valence-electron chi connectivity index (χ3n) is 2.22. The van der Waals surface area contributed by atoms with Crippen molar-refractivity contribution in [2.45, 2.75) is 51.7 Å². The first kappa shape index (κ1) is 18.2. The lowest BCUT2D eigenvalue weighted by Gasteiger charge is -2.19. The number of unbranched alkanes of at least 4 members (excludes halogenated alkanes) is 1. The van der Waals surface area contributed by atoms with Gasteiger partial charge in [-0.1, -0.05) is 0 Å². The molecule has 3 amide bonds. The van der Waals surface area contributed by atoms with Crippen molar-refractivity contribution in [1.29, 1.82) is 0 Å². The fourth-order valence-electron chi connectivity index (χ4n) is 1.27. The SMILES string of the molecule is CC(C)(C)ONC(=O)NCCCC[C@H](NC=O)C(=O)O. The van der Waals surface area contributed by atoms with Crippen molar-refractivity contribution < 1.29 is 24.3 Å². The fourth-order valence-corrected chi connectivity index (χ4v) is 1.27. The predicted octanol–water partition coefficient (Wildman–Crippen LogP) is 0.385. The molecule has 0 aliphatic heterocycles. The van der Waals surface area contributed by atoms with Crippen molar-refractivity contribution in [2.75, 3.05) is 6.54 Å². The Balaban J connectivity index is 3.68. The minimum Gasteiger partial charge on any atom is -0.480 e. The molecule has 20 heavy (non-hydrogen) atoms. The molecule has 4 N–H and O–H groups in total. The van der Waals surface area contributed by atoms with E-state index in [-0.39, 0.29) is 0 Å². The molecule has 0 aromatic carbocycles. The molecule has 0 aliphatic carbocycles. The fraction of sp³-hybridized carbons (Fsp3) is 0.750. The molecular weight excluding hydrogens is 266 g/mol. The van der Waals surface area contributed by atoms with Gasteiger partial charge in [-0.05, 0) is 40.0 Å². The van der Waals surface area contributed by atoms with E-state index in [1.807, 2.05) is 0 Å². The van der Waals surface area contributed by atoms with Crippen LogP contribution in [-0.4, -0.2) is 41.7 Å². The summed E-state index contributed by atoms with van der Waals surface area (Å²) in [6.45, 7) is 5.81. The highest BCUT2D eigenvalue weighted by Gasteiger charge is 2.15. The Labute approximate surface area is 118 Å². The van der Waals surface area contributed by atoms with E-state index >= 15 is 0 Å². The van der Waals surface area contributed by atoms with Gasteiger partial charge in [0.05, 0.1) is 5.60 Å². The van der Waals surface area contributed by atoms with E-state index in [1.54, 1.807) is 20.8 Å². The van der Waals surface area contributed by atoms with E-state index in [4.69, 9.17) is 9.94 Å². The molecule has 0 bridgehead atoms. The minimum absolute atomic E-state index is 0.315. The van der Waals surface area contributed by atoms with Gasteiger partial charge in [-0.15, -0.1) is 0 Å². The van der Waals surface area contributed by atoms with Gasteiger partial charge in [-0.25, -0.2) is 15.1 Å². The maximum atomic E-state index is 11.3. The van der Waals surface area contributed by atoms with Gasteiger partial charge in [0.2, 0.25) is 6.41 Å². The number of urea groups is 1. The van der Waals surface area contributed by atoms with Crippen molar-refractivity contribution in [2.24, 2.45) is 0 Å². The number of rotatable bonds is 9. The van der Waals surface area contributed by atoms with Crippen LogP contribution in [0.2, 0.25) is 0 Å². The molecule has 8 heteroatoms. The molecular formula is C12H23N3O5. The van der Waals surface area contributed by atoms with E-state index in [2.05, 4.69) is 16.1 Å². The smallest absolute Gasteiger partial charge is 0.338 e. The molecule has 0 spiro atoms. The van der Waals surface area contributed by atoms with Crippen LogP contribution in [0, 0.1) is 0 Å². The summed E-state index contributed by atoms with van der Waals surface area (Å²) < 4.78 is 0. The lowest BCUT2D eigenvalue weighted by atomic mass is 10.1. The van der Waals surface area contributed by atoms with Crippen molar-refractivity contribution in [1.82, 2.24) is 16.1 Å². The summed E-state index contributed by atoms with van der Waals surface area (Å²) in [5.74, 6) is -1.07. The first-order valence-electron chi connectivity index (χ1n) is 6.40. The lowest BCUT2D eigenvalue weighted by Crippen LogP contribution is -2.40. The number of amides is 3. The Morgan fingerprint density at radius 3 is 2.45 bits per heavy atom. The number of nitrogens with one attached hydrogen (secondary N) is 3. The first-order chi connectivity index (χ1) is 9.26. The summed E-state index contributed by atoms with van der Waals surface area (Å²) in [6.07, 6.45) is 1.86. The highest BCUT2D eigenvalue weighted by Crippen LogP contribution is 2.03. The van der Waals surface area contributed by atoms with Gasteiger partial charge < -0.3 is 15.7 Å². The summed E-state index contributed by atoms with van der Waals surface area (Å²) in [5, 5.41) is 13.6. The molecule has 0 aliphatic rings. The van der Waals surface area contributed by atoms with Gasteiger partial charge >= 0.3 is 12.0 Å². The second kappa shape index (κ2) is 9.13. The van der Waals surface area contributed by atoms with E-state index in [0.29, 0.717) is 32.2 Å². The number of carbonyl (C=O) groups excluding carboxylic acids is 2. The average Bonchev–Trinajstić information content (AvgIpc) is 2.33. The van der Waals surface area contributed by atoms with Crippen molar-refractivity contribution in [3.05, 3.63) is 0 Å². The Hall–Kier alpha value is -1.83. The monoisotopic (exact) mass is 289 g/mol. The third-order valence-corrected chi connectivity index (χ3v) is 2.22. The molecule has 8 nitrogen and oxygen atoms in total. The Kier molecular flexibility index (Phi) is 8.30. The number of carboxylic acid groups (broad SMARTS) is 1. The molecule has 0 fully saturated rings. The molecule has 116 valence electrons. The zero-order chi connectivity index (χ0) is 15.6. The maximum Gasteiger partial charge on any atom is 0.338 e. The number of aliphatic carboxylic acids is 1. The van der Waals surface area contributed by atoms with E-state index < -0.39 is 23.6 Å². The standard InChI is InChI=1S/C12H23N3O5/c1-12(2,3)20-15-11(19)13-7-5-4-6-9(10(17)18)14-8-16/h8-9H,4-7H2,1-3H3,(H,14,16)(H,17,18)(H2,13,15,19)/t9-/m0/s1.